The number of hydrogen-bond acceptors (Lipinski definition) is 5. The van der Waals surface area contributed by atoms with Crippen LogP contribution in [0.15, 0.2) is 0 Å². The molecule has 1 amide bonds. The lowest BCUT2D eigenvalue weighted by atomic mass is 10.1. The van der Waals surface area contributed by atoms with E-state index in [2.05, 4.69) is 9.36 Å². The van der Waals surface area contributed by atoms with Crippen LogP contribution in [0.4, 0.5) is 5.13 Å². The number of aromatic nitrogens is 2. The Balaban J connectivity index is 2.18. The molecule has 0 bridgehead atoms. The van der Waals surface area contributed by atoms with Crippen molar-refractivity contribution in [1.82, 2.24) is 9.36 Å². The fraction of sp³-hybridized carbons (Fsp3) is 0.500. The molecule has 0 aromatic carbocycles. The van der Waals surface area contributed by atoms with Gasteiger partial charge in [0.05, 0.1) is 6.54 Å². The van der Waals surface area contributed by atoms with Crippen LogP contribution in [-0.4, -0.2) is 27.9 Å². The molecule has 1 atom stereocenters. The van der Waals surface area contributed by atoms with E-state index in [1.54, 1.807) is 11.8 Å². The molecule has 2 N–H and O–H groups in total. The first kappa shape index (κ1) is 7.63. The maximum absolute atomic E-state index is 11.1. The summed E-state index contributed by atoms with van der Waals surface area (Å²) in [7, 11) is 0. The molecule has 1 aromatic rings. The average Bonchev–Trinajstić information content (AvgIpc) is 2.46. The molecule has 5 nitrogen and oxygen atoms in total. The molecule has 1 aliphatic rings. The van der Waals surface area contributed by atoms with Gasteiger partial charge < -0.3 is 5.73 Å². The highest BCUT2D eigenvalue weighted by molar-refractivity contribution is 7.10. The molecular weight excluding hydrogens is 176 g/mol. The number of amides is 1. The maximum atomic E-state index is 11.1. The zero-order valence-corrected chi connectivity index (χ0v) is 7.34. The van der Waals surface area contributed by atoms with E-state index in [1.165, 1.54) is 11.5 Å². The number of hydrogen-bond donors (Lipinski definition) is 1. The summed E-state index contributed by atoms with van der Waals surface area (Å²) in [5, 5.41) is 0.652. The Morgan fingerprint density at radius 3 is 2.92 bits per heavy atom. The number of carbonyl (C=O) groups excluding carboxylic acids is 1. The van der Waals surface area contributed by atoms with Crippen molar-refractivity contribution in [1.29, 1.82) is 0 Å². The predicted molar refractivity (Wildman–Crippen MR) is 45.0 cm³/mol. The van der Waals surface area contributed by atoms with E-state index >= 15 is 0 Å². The van der Waals surface area contributed by atoms with Crippen LogP contribution in [0.2, 0.25) is 0 Å². The van der Waals surface area contributed by atoms with E-state index in [0.29, 0.717) is 17.5 Å². The smallest absolute Gasteiger partial charge is 0.247 e. The number of β-lactam (4-membered cyclic amide) rings is 1. The van der Waals surface area contributed by atoms with Crippen molar-refractivity contribution in [2.45, 2.75) is 13.0 Å². The van der Waals surface area contributed by atoms with Gasteiger partial charge in [0.2, 0.25) is 11.0 Å². The maximum Gasteiger partial charge on any atom is 0.247 e. The van der Waals surface area contributed by atoms with Crippen LogP contribution in [0.3, 0.4) is 0 Å². The van der Waals surface area contributed by atoms with Gasteiger partial charge in [-0.15, -0.1) is 0 Å². The van der Waals surface area contributed by atoms with Crippen molar-refractivity contribution >= 4 is 22.6 Å². The summed E-state index contributed by atoms with van der Waals surface area (Å²) in [6, 6.07) is -0.339. The van der Waals surface area contributed by atoms with Crippen LogP contribution < -0.4 is 10.6 Å². The molecule has 1 saturated heterocycles. The van der Waals surface area contributed by atoms with Crippen LogP contribution >= 0.6 is 11.5 Å². The van der Waals surface area contributed by atoms with Crippen LogP contribution in [0.25, 0.3) is 0 Å². The number of carbonyl (C=O) groups is 1. The van der Waals surface area contributed by atoms with E-state index in [0.717, 1.165) is 0 Å². The number of rotatable bonds is 1. The summed E-state index contributed by atoms with van der Waals surface area (Å²) in [5.41, 5.74) is 5.42. The summed E-state index contributed by atoms with van der Waals surface area (Å²) in [4.78, 5) is 16.7. The minimum Gasteiger partial charge on any atom is -0.318 e. The molecule has 1 fully saturated rings. The van der Waals surface area contributed by atoms with Gasteiger partial charge in [0.25, 0.3) is 0 Å². The van der Waals surface area contributed by atoms with Crippen molar-refractivity contribution in [3.63, 3.8) is 0 Å². The van der Waals surface area contributed by atoms with Gasteiger partial charge in [-0.3, -0.25) is 9.69 Å². The Bertz CT molecular complexity index is 323. The van der Waals surface area contributed by atoms with Gasteiger partial charge in [0, 0.05) is 11.5 Å². The van der Waals surface area contributed by atoms with Gasteiger partial charge in [-0.05, 0) is 6.92 Å². The van der Waals surface area contributed by atoms with Crippen molar-refractivity contribution in [3.05, 3.63) is 5.82 Å². The largest absolute Gasteiger partial charge is 0.318 e. The molecule has 2 heterocycles. The first-order chi connectivity index (χ1) is 5.68. The molecule has 1 aliphatic heterocycles. The second-order valence-corrected chi connectivity index (χ2v) is 3.41. The quantitative estimate of drug-likeness (QED) is 0.598. The van der Waals surface area contributed by atoms with Crippen molar-refractivity contribution in [3.8, 4) is 0 Å². The highest BCUT2D eigenvalue weighted by atomic mass is 32.1. The topological polar surface area (TPSA) is 72.1 Å². The Morgan fingerprint density at radius 2 is 2.50 bits per heavy atom. The number of aryl methyl sites for hydroxylation is 1. The second-order valence-electron chi connectivity index (χ2n) is 2.68. The molecule has 12 heavy (non-hydrogen) atoms. The number of nitrogens with zero attached hydrogens (tertiary/aromatic N) is 3. The fourth-order valence-electron chi connectivity index (χ4n) is 1.02. The summed E-state index contributed by atoms with van der Waals surface area (Å²) < 4.78 is 3.97. The first-order valence-electron chi connectivity index (χ1n) is 3.56. The average molecular weight is 184 g/mol. The zero-order chi connectivity index (χ0) is 8.72. The summed E-state index contributed by atoms with van der Waals surface area (Å²) in [5.74, 6) is 0.634. The van der Waals surface area contributed by atoms with Crippen LogP contribution in [0.5, 0.6) is 0 Å². The highest BCUT2D eigenvalue weighted by Crippen LogP contribution is 2.22. The van der Waals surface area contributed by atoms with Crippen LogP contribution in [0.1, 0.15) is 5.82 Å². The van der Waals surface area contributed by atoms with Gasteiger partial charge in [-0.1, -0.05) is 0 Å². The van der Waals surface area contributed by atoms with Gasteiger partial charge in [-0.2, -0.15) is 4.37 Å². The standard InChI is InChI=1S/C6H8N4OS/c1-3-8-6(12-9-3)10-2-4(7)5(10)11/h4H,2,7H2,1H3. The molecule has 0 aliphatic carbocycles. The summed E-state index contributed by atoms with van der Waals surface area (Å²) in [6.45, 7) is 2.36. The molecule has 0 saturated carbocycles. The van der Waals surface area contributed by atoms with Gasteiger partial charge in [0.15, 0.2) is 0 Å². The van der Waals surface area contributed by atoms with E-state index in [1.807, 2.05) is 0 Å². The van der Waals surface area contributed by atoms with Crippen LogP contribution in [-0.2, 0) is 4.79 Å². The Labute approximate surface area is 73.4 Å². The third-order valence-corrected chi connectivity index (χ3v) is 2.54. The van der Waals surface area contributed by atoms with Crippen molar-refractivity contribution in [2.24, 2.45) is 5.73 Å². The molecule has 2 rings (SSSR count). The molecule has 0 spiro atoms. The molecule has 1 unspecified atom stereocenters. The van der Waals surface area contributed by atoms with E-state index in [4.69, 9.17) is 5.73 Å². The highest BCUT2D eigenvalue weighted by Gasteiger charge is 2.36. The predicted octanol–water partition coefficient (Wildman–Crippen LogP) is -0.480. The van der Waals surface area contributed by atoms with Gasteiger partial charge in [0.1, 0.15) is 11.9 Å². The van der Waals surface area contributed by atoms with E-state index < -0.39 is 0 Å². The van der Waals surface area contributed by atoms with E-state index in [9.17, 15) is 4.79 Å². The lowest BCUT2D eigenvalue weighted by molar-refractivity contribution is -0.123. The molecule has 1 aromatic heterocycles. The third-order valence-electron chi connectivity index (χ3n) is 1.71. The van der Waals surface area contributed by atoms with Gasteiger partial charge in [-0.25, -0.2) is 4.98 Å². The lowest BCUT2D eigenvalue weighted by Gasteiger charge is -2.33. The number of nitrogens with two attached hydrogens (primary N) is 1. The molecule has 64 valence electrons. The SMILES string of the molecule is Cc1nsc(N2CC(N)C2=O)n1. The number of anilines is 1. The molecular formula is C6H8N4OS. The summed E-state index contributed by atoms with van der Waals surface area (Å²) >= 11 is 1.23. The Kier molecular flexibility index (Phi) is 1.59. The first-order valence-corrected chi connectivity index (χ1v) is 4.33. The summed E-state index contributed by atoms with van der Waals surface area (Å²) in [6.07, 6.45) is 0. The Morgan fingerprint density at radius 1 is 1.75 bits per heavy atom. The minimum atomic E-state index is -0.339. The second kappa shape index (κ2) is 2.49. The Hall–Kier alpha value is -1.01. The van der Waals surface area contributed by atoms with Gasteiger partial charge >= 0.3 is 0 Å². The van der Waals surface area contributed by atoms with Crippen LogP contribution in [0, 0.1) is 6.92 Å². The molecule has 0 radical (unpaired) electrons. The van der Waals surface area contributed by atoms with Crippen molar-refractivity contribution < 1.29 is 4.79 Å². The monoisotopic (exact) mass is 184 g/mol. The zero-order valence-electron chi connectivity index (χ0n) is 6.52. The third kappa shape index (κ3) is 0.997. The minimum absolute atomic E-state index is 0.0637. The lowest BCUT2D eigenvalue weighted by Crippen LogP contribution is -2.61. The van der Waals surface area contributed by atoms with E-state index in [-0.39, 0.29) is 11.9 Å². The fourth-order valence-corrected chi connectivity index (χ4v) is 1.71. The van der Waals surface area contributed by atoms with Crippen molar-refractivity contribution in [2.75, 3.05) is 11.4 Å². The molecule has 6 heteroatoms. The normalized spacial score (nSPS) is 22.7.